The summed E-state index contributed by atoms with van der Waals surface area (Å²) < 4.78 is 5.27. The molecule has 0 radical (unpaired) electrons. The number of aryl methyl sites for hydroxylation is 1. The van der Waals surface area contributed by atoms with Crippen LogP contribution in [0.5, 0.6) is 0 Å². The number of hydrogen-bond acceptors (Lipinski definition) is 2. The highest BCUT2D eigenvalue weighted by molar-refractivity contribution is 9.10. The Morgan fingerprint density at radius 1 is 1.64 bits per heavy atom. The van der Waals surface area contributed by atoms with Crippen LogP contribution in [0.15, 0.2) is 9.22 Å². The monoisotopic (exact) mass is 215 g/mol. The van der Waals surface area contributed by atoms with Gasteiger partial charge in [-0.25, -0.2) is 4.98 Å². The lowest BCUT2D eigenvalue weighted by molar-refractivity contribution is 0.498. The van der Waals surface area contributed by atoms with E-state index in [0.29, 0.717) is 10.7 Å². The zero-order chi connectivity index (χ0) is 8.01. The molecule has 1 aliphatic carbocycles. The highest BCUT2D eigenvalue weighted by atomic mass is 79.9. The van der Waals surface area contributed by atoms with E-state index < -0.39 is 0 Å². The third-order valence-electron chi connectivity index (χ3n) is 2.27. The predicted octanol–water partition coefficient (Wildman–Crippen LogP) is 2.87. The number of aromatic nitrogens is 1. The van der Waals surface area contributed by atoms with Crippen molar-refractivity contribution in [2.24, 2.45) is 5.92 Å². The van der Waals surface area contributed by atoms with Gasteiger partial charge in [0.25, 0.3) is 4.80 Å². The topological polar surface area (TPSA) is 26.0 Å². The number of oxazole rings is 1. The van der Waals surface area contributed by atoms with Crippen molar-refractivity contribution in [3.63, 3.8) is 0 Å². The van der Waals surface area contributed by atoms with Crippen LogP contribution in [0, 0.1) is 12.8 Å². The Labute approximate surface area is 74.1 Å². The normalized spacial score (nSPS) is 29.0. The van der Waals surface area contributed by atoms with Crippen LogP contribution < -0.4 is 0 Å². The Morgan fingerprint density at radius 3 is 2.64 bits per heavy atom. The Morgan fingerprint density at radius 2 is 2.27 bits per heavy atom. The molecule has 2 nitrogen and oxygen atoms in total. The standard InChI is InChI=1S/C8H10BrNO/c1-4-3-6(4)7-5(2)11-8(9)10-7/h4,6H,3H2,1-2H3. The molecule has 60 valence electrons. The van der Waals surface area contributed by atoms with E-state index in [1.807, 2.05) is 6.92 Å². The van der Waals surface area contributed by atoms with Gasteiger partial charge in [-0.2, -0.15) is 0 Å². The Hall–Kier alpha value is -0.310. The first-order valence-electron chi connectivity index (χ1n) is 3.81. The maximum Gasteiger partial charge on any atom is 0.264 e. The summed E-state index contributed by atoms with van der Waals surface area (Å²) in [5, 5.41) is 0. The fourth-order valence-electron chi connectivity index (χ4n) is 1.42. The lowest BCUT2D eigenvalue weighted by Crippen LogP contribution is -1.83. The maximum atomic E-state index is 5.27. The first-order chi connectivity index (χ1) is 5.18. The predicted molar refractivity (Wildman–Crippen MR) is 45.5 cm³/mol. The lowest BCUT2D eigenvalue weighted by atomic mass is 10.2. The van der Waals surface area contributed by atoms with Crippen molar-refractivity contribution in [3.8, 4) is 0 Å². The molecule has 2 rings (SSSR count). The minimum Gasteiger partial charge on any atom is -0.436 e. The quantitative estimate of drug-likeness (QED) is 0.721. The smallest absolute Gasteiger partial charge is 0.264 e. The van der Waals surface area contributed by atoms with Crippen molar-refractivity contribution in [3.05, 3.63) is 16.3 Å². The molecule has 3 heteroatoms. The molecule has 0 N–H and O–H groups in total. The third-order valence-corrected chi connectivity index (χ3v) is 2.61. The van der Waals surface area contributed by atoms with Crippen LogP contribution in [0.25, 0.3) is 0 Å². The molecule has 1 fully saturated rings. The van der Waals surface area contributed by atoms with Gasteiger partial charge in [-0.05, 0) is 19.3 Å². The van der Waals surface area contributed by atoms with Gasteiger partial charge < -0.3 is 4.42 Å². The van der Waals surface area contributed by atoms with Gasteiger partial charge in [-0.3, -0.25) is 0 Å². The molecule has 0 spiro atoms. The van der Waals surface area contributed by atoms with Crippen LogP contribution >= 0.6 is 15.9 Å². The molecule has 2 atom stereocenters. The molecule has 0 bridgehead atoms. The number of rotatable bonds is 1. The summed E-state index contributed by atoms with van der Waals surface area (Å²) in [6.07, 6.45) is 1.26. The van der Waals surface area contributed by atoms with Crippen LogP contribution in [0.4, 0.5) is 0 Å². The Kier molecular flexibility index (Phi) is 1.56. The largest absolute Gasteiger partial charge is 0.436 e. The fraction of sp³-hybridized carbons (Fsp3) is 0.625. The van der Waals surface area contributed by atoms with Crippen molar-refractivity contribution in [2.75, 3.05) is 0 Å². The zero-order valence-electron chi connectivity index (χ0n) is 6.60. The summed E-state index contributed by atoms with van der Waals surface area (Å²) in [5.74, 6) is 2.42. The van der Waals surface area contributed by atoms with Gasteiger partial charge in [-0.15, -0.1) is 0 Å². The molecule has 1 aromatic heterocycles. The molecule has 0 saturated heterocycles. The van der Waals surface area contributed by atoms with E-state index in [4.69, 9.17) is 4.42 Å². The van der Waals surface area contributed by atoms with Gasteiger partial charge in [0.15, 0.2) is 0 Å². The number of halogens is 1. The van der Waals surface area contributed by atoms with Crippen LogP contribution in [-0.2, 0) is 0 Å². The molecule has 0 aromatic carbocycles. The van der Waals surface area contributed by atoms with Gasteiger partial charge in [-0.1, -0.05) is 6.92 Å². The van der Waals surface area contributed by atoms with E-state index in [9.17, 15) is 0 Å². The van der Waals surface area contributed by atoms with Crippen LogP contribution in [0.2, 0.25) is 0 Å². The van der Waals surface area contributed by atoms with Gasteiger partial charge in [0.05, 0.1) is 5.69 Å². The highest BCUT2D eigenvalue weighted by Gasteiger charge is 2.37. The number of nitrogens with zero attached hydrogens (tertiary/aromatic N) is 1. The zero-order valence-corrected chi connectivity index (χ0v) is 8.18. The molecule has 2 unspecified atom stereocenters. The summed E-state index contributed by atoms with van der Waals surface area (Å²) >= 11 is 3.22. The van der Waals surface area contributed by atoms with Gasteiger partial charge in [0, 0.05) is 21.8 Å². The molecular formula is C8H10BrNO. The number of hydrogen-bond donors (Lipinski definition) is 0. The maximum absolute atomic E-state index is 5.27. The SMILES string of the molecule is Cc1oc(Br)nc1C1CC1C. The molecule has 0 aliphatic heterocycles. The van der Waals surface area contributed by atoms with E-state index in [1.165, 1.54) is 6.42 Å². The molecule has 1 aromatic rings. The van der Waals surface area contributed by atoms with E-state index in [-0.39, 0.29) is 0 Å². The van der Waals surface area contributed by atoms with Crippen LogP contribution in [0.3, 0.4) is 0 Å². The Bertz CT molecular complexity index is 282. The summed E-state index contributed by atoms with van der Waals surface area (Å²) in [5.41, 5.74) is 1.14. The second kappa shape index (κ2) is 2.34. The third kappa shape index (κ3) is 1.22. The van der Waals surface area contributed by atoms with Crippen molar-refractivity contribution >= 4 is 15.9 Å². The molecule has 11 heavy (non-hydrogen) atoms. The van der Waals surface area contributed by atoms with E-state index in [1.54, 1.807) is 0 Å². The second-order valence-electron chi connectivity index (χ2n) is 3.23. The van der Waals surface area contributed by atoms with Crippen molar-refractivity contribution in [1.82, 2.24) is 4.98 Å². The lowest BCUT2D eigenvalue weighted by Gasteiger charge is -1.89. The first kappa shape index (κ1) is 7.35. The van der Waals surface area contributed by atoms with Crippen molar-refractivity contribution in [1.29, 1.82) is 0 Å². The summed E-state index contributed by atoms with van der Waals surface area (Å²) in [6.45, 7) is 4.21. The summed E-state index contributed by atoms with van der Waals surface area (Å²) in [7, 11) is 0. The van der Waals surface area contributed by atoms with Crippen molar-refractivity contribution < 1.29 is 4.42 Å². The molecule has 1 saturated carbocycles. The summed E-state index contributed by atoms with van der Waals surface area (Å²) in [6, 6.07) is 0. The van der Waals surface area contributed by atoms with E-state index >= 15 is 0 Å². The Balaban J connectivity index is 2.30. The van der Waals surface area contributed by atoms with Crippen molar-refractivity contribution in [2.45, 2.75) is 26.2 Å². The minimum absolute atomic E-state index is 0.615. The first-order valence-corrected chi connectivity index (χ1v) is 4.60. The molecular weight excluding hydrogens is 206 g/mol. The van der Waals surface area contributed by atoms with Gasteiger partial charge >= 0.3 is 0 Å². The molecule has 1 aliphatic rings. The summed E-state index contributed by atoms with van der Waals surface area (Å²) in [4.78, 5) is 4.89. The van der Waals surface area contributed by atoms with Gasteiger partial charge in [0.2, 0.25) is 0 Å². The molecule has 1 heterocycles. The second-order valence-corrected chi connectivity index (χ2v) is 3.91. The van der Waals surface area contributed by atoms with E-state index in [0.717, 1.165) is 17.4 Å². The van der Waals surface area contributed by atoms with Gasteiger partial charge in [0.1, 0.15) is 5.76 Å². The van der Waals surface area contributed by atoms with Crippen LogP contribution in [0.1, 0.15) is 30.7 Å². The minimum atomic E-state index is 0.615. The highest BCUT2D eigenvalue weighted by Crippen LogP contribution is 2.47. The van der Waals surface area contributed by atoms with Crippen LogP contribution in [-0.4, -0.2) is 4.98 Å². The average molecular weight is 216 g/mol. The van der Waals surface area contributed by atoms with E-state index in [2.05, 4.69) is 27.8 Å². The fourth-order valence-corrected chi connectivity index (χ4v) is 1.86. The average Bonchev–Trinajstić information content (AvgIpc) is 2.52. The molecule has 0 amide bonds.